The van der Waals surface area contributed by atoms with Crippen LogP contribution in [0.2, 0.25) is 0 Å². The average molecular weight is 347 g/mol. The summed E-state index contributed by atoms with van der Waals surface area (Å²) in [6.07, 6.45) is 1.67. The number of rotatable bonds is 3. The summed E-state index contributed by atoms with van der Waals surface area (Å²) < 4.78 is 18.7. The van der Waals surface area contributed by atoms with Crippen LogP contribution in [0.5, 0.6) is 0 Å². The number of amides is 1. The number of hydrogen-bond acceptors (Lipinski definition) is 5. The predicted molar refractivity (Wildman–Crippen MR) is 90.6 cm³/mol. The van der Waals surface area contributed by atoms with Crippen molar-refractivity contribution in [2.24, 2.45) is 5.92 Å². The summed E-state index contributed by atoms with van der Waals surface area (Å²) in [5, 5.41) is 2.74. The number of thiazole rings is 1. The Labute approximate surface area is 143 Å². The van der Waals surface area contributed by atoms with Crippen molar-refractivity contribution in [3.8, 4) is 10.4 Å². The molecule has 5 rings (SSSR count). The molecule has 3 aliphatic heterocycles. The van der Waals surface area contributed by atoms with Gasteiger partial charge < -0.3 is 4.74 Å². The molecule has 7 heteroatoms. The first-order chi connectivity index (χ1) is 11.7. The van der Waals surface area contributed by atoms with E-state index in [2.05, 4.69) is 15.2 Å². The fraction of sp³-hybridized carbons (Fsp3) is 0.412. The molecule has 3 aliphatic rings. The number of ether oxygens (including phenoxy) is 1. The molecule has 1 atom stereocenters. The Kier molecular flexibility index (Phi) is 4.20. The summed E-state index contributed by atoms with van der Waals surface area (Å²) in [4.78, 5) is 19.6. The van der Waals surface area contributed by atoms with Gasteiger partial charge in [0.2, 0.25) is 0 Å². The van der Waals surface area contributed by atoms with Crippen LogP contribution in [-0.2, 0) is 4.74 Å². The highest BCUT2D eigenvalue weighted by atomic mass is 32.1. The molecule has 0 saturated carbocycles. The third kappa shape index (κ3) is 3.14. The predicted octanol–water partition coefficient (Wildman–Crippen LogP) is 3.59. The molecule has 3 saturated heterocycles. The number of carbonyl (C=O) groups is 1. The van der Waals surface area contributed by atoms with Crippen LogP contribution in [0.3, 0.4) is 0 Å². The molecule has 126 valence electrons. The zero-order valence-electron chi connectivity index (χ0n) is 13.1. The Morgan fingerprint density at radius 3 is 2.71 bits per heavy atom. The van der Waals surface area contributed by atoms with Crippen molar-refractivity contribution in [2.45, 2.75) is 18.9 Å². The van der Waals surface area contributed by atoms with E-state index in [1.54, 1.807) is 17.6 Å². The first-order valence-corrected chi connectivity index (χ1v) is 8.96. The molecule has 1 N–H and O–H groups in total. The highest BCUT2D eigenvalue weighted by molar-refractivity contribution is 7.13. The quantitative estimate of drug-likeness (QED) is 0.922. The van der Waals surface area contributed by atoms with E-state index in [1.807, 2.05) is 0 Å². The van der Waals surface area contributed by atoms with Gasteiger partial charge in [-0.05, 0) is 49.5 Å². The molecule has 1 aromatic carbocycles. The van der Waals surface area contributed by atoms with Crippen LogP contribution in [0, 0.1) is 11.7 Å². The number of benzene rings is 1. The second-order valence-corrected chi connectivity index (χ2v) is 7.10. The Morgan fingerprint density at radius 2 is 2.04 bits per heavy atom. The minimum absolute atomic E-state index is 0.0413. The third-order valence-corrected chi connectivity index (χ3v) is 5.62. The SMILES string of the molecule is O=C(Nc1ncsc1-c1ccc(F)cc1)O[C@H]1CN2CCC1CC2. The third-order valence-electron chi connectivity index (χ3n) is 4.75. The Balaban J connectivity index is 1.43. The number of aromatic nitrogens is 1. The van der Waals surface area contributed by atoms with Gasteiger partial charge in [0.15, 0.2) is 5.82 Å². The number of anilines is 1. The van der Waals surface area contributed by atoms with Gasteiger partial charge in [0.05, 0.1) is 10.4 Å². The molecule has 2 aromatic rings. The highest BCUT2D eigenvalue weighted by Gasteiger charge is 2.36. The molecular weight excluding hydrogens is 329 g/mol. The molecule has 0 radical (unpaired) electrons. The summed E-state index contributed by atoms with van der Waals surface area (Å²) in [6, 6.07) is 6.13. The van der Waals surface area contributed by atoms with Gasteiger partial charge in [0.1, 0.15) is 11.9 Å². The van der Waals surface area contributed by atoms with Gasteiger partial charge in [0.25, 0.3) is 0 Å². The summed E-state index contributed by atoms with van der Waals surface area (Å²) in [5.41, 5.74) is 2.47. The van der Waals surface area contributed by atoms with Gasteiger partial charge in [-0.15, -0.1) is 11.3 Å². The van der Waals surface area contributed by atoms with Crippen LogP contribution in [0.4, 0.5) is 15.0 Å². The molecule has 3 fully saturated rings. The van der Waals surface area contributed by atoms with Crippen molar-refractivity contribution < 1.29 is 13.9 Å². The lowest BCUT2D eigenvalue weighted by atomic mass is 9.86. The normalized spacial score (nSPS) is 25.5. The van der Waals surface area contributed by atoms with Gasteiger partial charge in [-0.3, -0.25) is 10.2 Å². The summed E-state index contributed by atoms with van der Waals surface area (Å²) in [5.74, 6) is 0.630. The molecule has 5 nitrogen and oxygen atoms in total. The topological polar surface area (TPSA) is 54.5 Å². The van der Waals surface area contributed by atoms with Crippen molar-refractivity contribution in [2.75, 3.05) is 25.0 Å². The lowest BCUT2D eigenvalue weighted by Gasteiger charge is -2.43. The highest BCUT2D eigenvalue weighted by Crippen LogP contribution is 2.33. The molecule has 0 spiro atoms. The first-order valence-electron chi connectivity index (χ1n) is 8.08. The number of nitrogens with zero attached hydrogens (tertiary/aromatic N) is 2. The van der Waals surface area contributed by atoms with E-state index in [-0.39, 0.29) is 11.9 Å². The van der Waals surface area contributed by atoms with Crippen LogP contribution < -0.4 is 5.32 Å². The second-order valence-electron chi connectivity index (χ2n) is 6.24. The van der Waals surface area contributed by atoms with Gasteiger partial charge >= 0.3 is 6.09 Å². The zero-order valence-corrected chi connectivity index (χ0v) is 13.9. The zero-order chi connectivity index (χ0) is 16.5. The molecule has 4 heterocycles. The number of fused-ring (bicyclic) bond motifs is 3. The standard InChI is InChI=1S/C17H18FN3O2S/c18-13-3-1-12(2-4-13)15-16(19-10-24-15)20-17(22)23-14-9-21-7-5-11(14)6-8-21/h1-4,10-11,14H,5-9H2,(H,20,22)/t14-/m0/s1. The number of piperidine rings is 3. The largest absolute Gasteiger partial charge is 0.444 e. The van der Waals surface area contributed by atoms with E-state index < -0.39 is 6.09 Å². The van der Waals surface area contributed by atoms with Crippen LogP contribution in [-0.4, -0.2) is 41.7 Å². The van der Waals surface area contributed by atoms with E-state index in [0.717, 1.165) is 42.9 Å². The minimum atomic E-state index is -0.469. The van der Waals surface area contributed by atoms with Crippen molar-refractivity contribution in [1.82, 2.24) is 9.88 Å². The fourth-order valence-corrected chi connectivity index (χ4v) is 4.20. The van der Waals surface area contributed by atoms with Crippen LogP contribution in [0.15, 0.2) is 29.8 Å². The molecular formula is C17H18FN3O2S. The molecule has 0 unspecified atom stereocenters. The lowest BCUT2D eigenvalue weighted by molar-refractivity contribution is -0.0290. The maximum absolute atomic E-state index is 13.1. The minimum Gasteiger partial charge on any atom is -0.444 e. The van der Waals surface area contributed by atoms with Crippen molar-refractivity contribution >= 4 is 23.2 Å². The Morgan fingerprint density at radius 1 is 1.29 bits per heavy atom. The summed E-state index contributed by atoms with van der Waals surface area (Å²) >= 11 is 1.40. The molecule has 1 aromatic heterocycles. The van der Waals surface area contributed by atoms with E-state index in [0.29, 0.717) is 11.7 Å². The van der Waals surface area contributed by atoms with Crippen LogP contribution in [0.1, 0.15) is 12.8 Å². The summed E-state index contributed by atoms with van der Waals surface area (Å²) in [7, 11) is 0. The molecule has 0 aliphatic carbocycles. The molecule has 24 heavy (non-hydrogen) atoms. The fourth-order valence-electron chi connectivity index (χ4n) is 3.45. The number of hydrogen-bond donors (Lipinski definition) is 1. The maximum Gasteiger partial charge on any atom is 0.413 e. The molecule has 1 amide bonds. The average Bonchev–Trinajstić information content (AvgIpc) is 3.04. The van der Waals surface area contributed by atoms with Gasteiger partial charge in [-0.2, -0.15) is 0 Å². The van der Waals surface area contributed by atoms with Gasteiger partial charge in [-0.1, -0.05) is 12.1 Å². The van der Waals surface area contributed by atoms with E-state index in [1.165, 1.54) is 23.5 Å². The smallest absolute Gasteiger partial charge is 0.413 e. The monoisotopic (exact) mass is 347 g/mol. The van der Waals surface area contributed by atoms with Gasteiger partial charge in [0, 0.05) is 6.54 Å². The Bertz CT molecular complexity index is 726. The van der Waals surface area contributed by atoms with Crippen LogP contribution >= 0.6 is 11.3 Å². The van der Waals surface area contributed by atoms with E-state index >= 15 is 0 Å². The number of carbonyl (C=O) groups excluding carboxylic acids is 1. The van der Waals surface area contributed by atoms with Gasteiger partial charge in [-0.25, -0.2) is 14.2 Å². The lowest BCUT2D eigenvalue weighted by Crippen LogP contribution is -2.52. The number of nitrogens with one attached hydrogen (secondary N) is 1. The first kappa shape index (κ1) is 15.5. The van der Waals surface area contributed by atoms with E-state index in [4.69, 9.17) is 4.74 Å². The van der Waals surface area contributed by atoms with Crippen LogP contribution in [0.25, 0.3) is 10.4 Å². The van der Waals surface area contributed by atoms with E-state index in [9.17, 15) is 9.18 Å². The van der Waals surface area contributed by atoms with Crippen molar-refractivity contribution in [1.29, 1.82) is 0 Å². The maximum atomic E-state index is 13.1. The summed E-state index contributed by atoms with van der Waals surface area (Å²) in [6.45, 7) is 3.03. The second kappa shape index (κ2) is 6.49. The van der Waals surface area contributed by atoms with Crippen molar-refractivity contribution in [3.63, 3.8) is 0 Å². The molecule has 2 bridgehead atoms. The number of halogens is 1. The Hall–Kier alpha value is -1.99. The van der Waals surface area contributed by atoms with Crippen molar-refractivity contribution in [3.05, 3.63) is 35.6 Å².